The molecule has 4 heteroatoms. The van der Waals surface area contributed by atoms with Crippen molar-refractivity contribution in [2.24, 2.45) is 0 Å². The Hall–Kier alpha value is -2.07. The number of fused-ring (bicyclic) bond motifs is 1. The minimum absolute atomic E-state index is 0.176. The van der Waals surface area contributed by atoms with Crippen molar-refractivity contribution in [1.29, 1.82) is 0 Å². The van der Waals surface area contributed by atoms with Crippen LogP contribution in [0.3, 0.4) is 0 Å². The Morgan fingerprint density at radius 3 is 2.86 bits per heavy atom. The monoisotopic (exact) mass is 283 g/mol. The second kappa shape index (κ2) is 6.14. The third kappa shape index (κ3) is 2.85. The van der Waals surface area contributed by atoms with Crippen molar-refractivity contribution in [3.05, 3.63) is 54.2 Å². The first-order valence-corrected chi connectivity index (χ1v) is 7.50. The minimum Gasteiger partial charge on any atom is -0.468 e. The van der Waals surface area contributed by atoms with Gasteiger partial charge in [-0.05, 0) is 37.6 Å². The lowest BCUT2D eigenvalue weighted by atomic mass is 10.2. The molecule has 0 unspecified atom stereocenters. The first-order chi connectivity index (χ1) is 10.3. The van der Waals surface area contributed by atoms with E-state index < -0.39 is 0 Å². The fourth-order valence-electron chi connectivity index (χ4n) is 2.62. The number of para-hydroxylation sites is 2. The molecule has 0 aliphatic rings. The predicted molar refractivity (Wildman–Crippen MR) is 84.0 cm³/mol. The van der Waals surface area contributed by atoms with E-state index >= 15 is 0 Å². The average molecular weight is 283 g/mol. The number of nitrogens with zero attached hydrogens (tertiary/aromatic N) is 2. The Morgan fingerprint density at radius 1 is 1.24 bits per heavy atom. The maximum Gasteiger partial charge on any atom is 0.123 e. The van der Waals surface area contributed by atoms with Crippen LogP contribution in [0.5, 0.6) is 0 Å². The summed E-state index contributed by atoms with van der Waals surface area (Å²) in [4.78, 5) is 4.75. The summed E-state index contributed by atoms with van der Waals surface area (Å²) in [6.07, 6.45) is 2.81. The molecule has 0 saturated carbocycles. The standard InChI is InChI=1S/C17H21N3O/c1-3-10-20-15-8-5-4-7-14(15)19-17(20)12-18-13(2)16-9-6-11-21-16/h4-9,11,13,18H,3,10,12H2,1-2H3/t13-/m1/s1. The van der Waals surface area contributed by atoms with Gasteiger partial charge in [-0.1, -0.05) is 19.1 Å². The Bertz CT molecular complexity index is 700. The highest BCUT2D eigenvalue weighted by atomic mass is 16.3. The number of aryl methyl sites for hydroxylation is 1. The molecule has 0 amide bonds. The maximum atomic E-state index is 5.43. The van der Waals surface area contributed by atoms with E-state index in [1.54, 1.807) is 6.26 Å². The molecular formula is C17H21N3O. The number of benzene rings is 1. The van der Waals surface area contributed by atoms with Gasteiger partial charge in [0.05, 0.1) is 29.9 Å². The predicted octanol–water partition coefficient (Wildman–Crippen LogP) is 3.89. The molecule has 0 bridgehead atoms. The Labute approximate surface area is 124 Å². The SMILES string of the molecule is CCCn1c(CN[C@H](C)c2ccco2)nc2ccccc21. The topological polar surface area (TPSA) is 43.0 Å². The summed E-state index contributed by atoms with van der Waals surface area (Å²) in [7, 11) is 0. The molecule has 1 N–H and O–H groups in total. The molecule has 0 spiro atoms. The lowest BCUT2D eigenvalue weighted by Gasteiger charge is -2.12. The van der Waals surface area contributed by atoms with Crippen molar-refractivity contribution in [2.45, 2.75) is 39.4 Å². The molecule has 110 valence electrons. The molecular weight excluding hydrogens is 262 g/mol. The highest BCUT2D eigenvalue weighted by molar-refractivity contribution is 5.75. The summed E-state index contributed by atoms with van der Waals surface area (Å²) in [5.74, 6) is 2.03. The summed E-state index contributed by atoms with van der Waals surface area (Å²) < 4.78 is 7.73. The smallest absolute Gasteiger partial charge is 0.123 e. The van der Waals surface area contributed by atoms with Crippen LogP contribution in [0.1, 0.15) is 37.9 Å². The van der Waals surface area contributed by atoms with E-state index in [1.165, 1.54) is 5.52 Å². The fourth-order valence-corrected chi connectivity index (χ4v) is 2.62. The zero-order chi connectivity index (χ0) is 14.7. The van der Waals surface area contributed by atoms with Gasteiger partial charge in [0.25, 0.3) is 0 Å². The number of furan rings is 1. The van der Waals surface area contributed by atoms with Gasteiger partial charge in [0.1, 0.15) is 11.6 Å². The van der Waals surface area contributed by atoms with E-state index in [-0.39, 0.29) is 6.04 Å². The molecule has 2 aromatic heterocycles. The molecule has 0 aliphatic carbocycles. The van der Waals surface area contributed by atoms with Gasteiger partial charge in [-0.25, -0.2) is 4.98 Å². The van der Waals surface area contributed by atoms with Crippen molar-refractivity contribution in [2.75, 3.05) is 0 Å². The van der Waals surface area contributed by atoms with Gasteiger partial charge in [0.2, 0.25) is 0 Å². The molecule has 21 heavy (non-hydrogen) atoms. The molecule has 0 aliphatic heterocycles. The molecule has 3 aromatic rings. The lowest BCUT2D eigenvalue weighted by Crippen LogP contribution is -2.20. The zero-order valence-corrected chi connectivity index (χ0v) is 12.5. The third-order valence-electron chi connectivity index (χ3n) is 3.72. The van der Waals surface area contributed by atoms with Crippen LogP contribution in [0.15, 0.2) is 47.1 Å². The lowest BCUT2D eigenvalue weighted by molar-refractivity contribution is 0.423. The highest BCUT2D eigenvalue weighted by Gasteiger charge is 2.12. The van der Waals surface area contributed by atoms with E-state index in [1.807, 2.05) is 18.2 Å². The summed E-state index contributed by atoms with van der Waals surface area (Å²) >= 11 is 0. The second-order valence-electron chi connectivity index (χ2n) is 5.29. The van der Waals surface area contributed by atoms with Gasteiger partial charge in [-0.2, -0.15) is 0 Å². The van der Waals surface area contributed by atoms with Gasteiger partial charge in [-0.3, -0.25) is 0 Å². The largest absolute Gasteiger partial charge is 0.468 e. The average Bonchev–Trinajstić information content (AvgIpc) is 3.14. The van der Waals surface area contributed by atoms with Crippen LogP contribution in [0.2, 0.25) is 0 Å². The van der Waals surface area contributed by atoms with Crippen LogP contribution in [0.25, 0.3) is 11.0 Å². The van der Waals surface area contributed by atoms with Crippen LogP contribution >= 0.6 is 0 Å². The molecule has 4 nitrogen and oxygen atoms in total. The third-order valence-corrected chi connectivity index (χ3v) is 3.72. The first-order valence-electron chi connectivity index (χ1n) is 7.50. The van der Waals surface area contributed by atoms with E-state index in [9.17, 15) is 0 Å². The van der Waals surface area contributed by atoms with E-state index in [0.29, 0.717) is 0 Å². The molecule has 1 atom stereocenters. The normalized spacial score (nSPS) is 12.9. The number of aromatic nitrogens is 2. The summed E-state index contributed by atoms with van der Waals surface area (Å²) in [5.41, 5.74) is 2.27. The number of hydrogen-bond acceptors (Lipinski definition) is 3. The van der Waals surface area contributed by atoms with Gasteiger partial charge < -0.3 is 14.3 Å². The molecule has 0 saturated heterocycles. The summed E-state index contributed by atoms with van der Waals surface area (Å²) in [5, 5.41) is 3.48. The van der Waals surface area contributed by atoms with E-state index in [0.717, 1.165) is 36.6 Å². The number of imidazole rings is 1. The van der Waals surface area contributed by atoms with Gasteiger partial charge >= 0.3 is 0 Å². The fraction of sp³-hybridized carbons (Fsp3) is 0.353. The number of nitrogens with one attached hydrogen (secondary N) is 1. The van der Waals surface area contributed by atoms with Crippen LogP contribution in [-0.2, 0) is 13.1 Å². The van der Waals surface area contributed by atoms with Crippen molar-refractivity contribution in [3.8, 4) is 0 Å². The number of rotatable bonds is 6. The van der Waals surface area contributed by atoms with E-state index in [2.05, 4.69) is 41.9 Å². The van der Waals surface area contributed by atoms with E-state index in [4.69, 9.17) is 9.40 Å². The zero-order valence-electron chi connectivity index (χ0n) is 12.5. The molecule has 0 fully saturated rings. The minimum atomic E-state index is 0.176. The first kappa shape index (κ1) is 13.9. The van der Waals surface area contributed by atoms with Crippen molar-refractivity contribution >= 4 is 11.0 Å². The Kier molecular flexibility index (Phi) is 4.06. The van der Waals surface area contributed by atoms with Crippen LogP contribution < -0.4 is 5.32 Å². The quantitative estimate of drug-likeness (QED) is 0.746. The van der Waals surface area contributed by atoms with Gasteiger partial charge in [-0.15, -0.1) is 0 Å². The molecule has 1 aromatic carbocycles. The summed E-state index contributed by atoms with van der Waals surface area (Å²) in [6, 6.07) is 12.4. The van der Waals surface area contributed by atoms with Crippen LogP contribution in [0, 0.1) is 0 Å². The molecule has 3 rings (SSSR count). The van der Waals surface area contributed by atoms with Crippen molar-refractivity contribution in [1.82, 2.24) is 14.9 Å². The molecule has 2 heterocycles. The Morgan fingerprint density at radius 2 is 2.10 bits per heavy atom. The van der Waals surface area contributed by atoms with Crippen molar-refractivity contribution < 1.29 is 4.42 Å². The number of hydrogen-bond donors (Lipinski definition) is 1. The highest BCUT2D eigenvalue weighted by Crippen LogP contribution is 2.18. The van der Waals surface area contributed by atoms with Gasteiger partial charge in [0, 0.05) is 6.54 Å². The molecule has 0 radical (unpaired) electrons. The second-order valence-corrected chi connectivity index (χ2v) is 5.29. The maximum absolute atomic E-state index is 5.43. The van der Waals surface area contributed by atoms with Crippen LogP contribution in [-0.4, -0.2) is 9.55 Å². The van der Waals surface area contributed by atoms with Crippen LogP contribution in [0.4, 0.5) is 0 Å². The Balaban J connectivity index is 1.81. The summed E-state index contributed by atoms with van der Waals surface area (Å²) in [6.45, 7) is 6.02. The van der Waals surface area contributed by atoms with Gasteiger partial charge in [0.15, 0.2) is 0 Å². The van der Waals surface area contributed by atoms with Crippen molar-refractivity contribution in [3.63, 3.8) is 0 Å².